The largest absolute Gasteiger partial charge is 0.444 e. The van der Waals surface area contributed by atoms with Gasteiger partial charge in [0.15, 0.2) is 0 Å². The van der Waals surface area contributed by atoms with Gasteiger partial charge in [-0.2, -0.15) is 0 Å². The molecular formula is C37H51N3O4. The molecule has 0 aliphatic heterocycles. The Balaban J connectivity index is 2.04. The maximum Gasteiger partial charge on any atom is 0.408 e. The molecule has 238 valence electrons. The zero-order valence-electron chi connectivity index (χ0n) is 27.8. The molecule has 0 saturated carbocycles. The summed E-state index contributed by atoms with van der Waals surface area (Å²) >= 11 is 0. The van der Waals surface area contributed by atoms with E-state index in [0.29, 0.717) is 12.2 Å². The van der Waals surface area contributed by atoms with Crippen LogP contribution >= 0.6 is 0 Å². The van der Waals surface area contributed by atoms with Crippen molar-refractivity contribution in [3.8, 4) is 0 Å². The Morgan fingerprint density at radius 1 is 0.841 bits per heavy atom. The van der Waals surface area contributed by atoms with Crippen LogP contribution in [-0.4, -0.2) is 41.0 Å². The van der Waals surface area contributed by atoms with E-state index in [1.807, 2.05) is 88.4 Å². The number of carbonyl (C=O) groups excluding carboxylic acids is 3. The lowest BCUT2D eigenvalue weighted by atomic mass is 9.96. The number of anilines is 1. The summed E-state index contributed by atoms with van der Waals surface area (Å²) in [5.74, 6) is -0.843. The molecule has 2 unspecified atom stereocenters. The van der Waals surface area contributed by atoms with E-state index >= 15 is 0 Å². The molecular weight excluding hydrogens is 550 g/mol. The first-order chi connectivity index (χ1) is 20.8. The molecule has 0 fully saturated rings. The number of hydrogen-bond donors (Lipinski definition) is 2. The third-order valence-corrected chi connectivity index (χ3v) is 7.81. The van der Waals surface area contributed by atoms with Gasteiger partial charge in [-0.05, 0) is 86.6 Å². The maximum absolute atomic E-state index is 14.5. The fourth-order valence-corrected chi connectivity index (χ4v) is 5.26. The SMILES string of the molecule is CCCCCCCN(C(=O)C(NC(=O)OC(C)(C)C)C(C)C)C(C(=O)Nc1ccc2ccccc2c1)c1ccc(C)c(C)c1. The summed E-state index contributed by atoms with van der Waals surface area (Å²) in [5, 5.41) is 8.01. The molecule has 7 nitrogen and oxygen atoms in total. The van der Waals surface area contributed by atoms with Crippen LogP contribution in [0.5, 0.6) is 0 Å². The first-order valence-electron chi connectivity index (χ1n) is 16.0. The van der Waals surface area contributed by atoms with E-state index in [1.54, 1.807) is 25.7 Å². The van der Waals surface area contributed by atoms with Crippen molar-refractivity contribution >= 4 is 34.4 Å². The molecule has 0 saturated heterocycles. The van der Waals surface area contributed by atoms with Crippen molar-refractivity contribution in [2.75, 3.05) is 11.9 Å². The smallest absolute Gasteiger partial charge is 0.408 e. The predicted molar refractivity (Wildman–Crippen MR) is 180 cm³/mol. The van der Waals surface area contributed by atoms with Gasteiger partial charge in [0, 0.05) is 12.2 Å². The van der Waals surface area contributed by atoms with Gasteiger partial charge in [0.2, 0.25) is 5.91 Å². The Hall–Kier alpha value is -3.87. The normalized spacial score (nSPS) is 12.9. The molecule has 0 aliphatic carbocycles. The van der Waals surface area contributed by atoms with Gasteiger partial charge in [0.25, 0.3) is 5.91 Å². The third-order valence-electron chi connectivity index (χ3n) is 7.81. The molecule has 3 amide bonds. The predicted octanol–water partition coefficient (Wildman–Crippen LogP) is 8.48. The van der Waals surface area contributed by atoms with Gasteiger partial charge in [-0.3, -0.25) is 9.59 Å². The summed E-state index contributed by atoms with van der Waals surface area (Å²) in [5.41, 5.74) is 2.81. The number of hydrogen-bond acceptors (Lipinski definition) is 4. The molecule has 2 N–H and O–H groups in total. The molecule has 0 aromatic heterocycles. The molecule has 0 bridgehead atoms. The summed E-state index contributed by atoms with van der Waals surface area (Å²) < 4.78 is 5.51. The monoisotopic (exact) mass is 601 g/mol. The van der Waals surface area contributed by atoms with E-state index in [2.05, 4.69) is 17.6 Å². The Bertz CT molecular complexity index is 1430. The number of nitrogens with one attached hydrogen (secondary N) is 2. The zero-order chi connectivity index (χ0) is 32.4. The lowest BCUT2D eigenvalue weighted by molar-refractivity contribution is -0.141. The Morgan fingerprint density at radius 2 is 1.52 bits per heavy atom. The van der Waals surface area contributed by atoms with Gasteiger partial charge in [-0.25, -0.2) is 4.79 Å². The van der Waals surface area contributed by atoms with Gasteiger partial charge < -0.3 is 20.3 Å². The van der Waals surface area contributed by atoms with Crippen LogP contribution in [-0.2, 0) is 14.3 Å². The standard InChI is InChI=1S/C37H51N3O4/c1-9-10-11-12-15-22-40(35(42)32(25(2)3)39-36(43)44-37(6,7)8)33(30-19-18-26(4)27(5)23-30)34(41)38-31-21-20-28-16-13-14-17-29(28)24-31/h13-14,16-21,23-25,32-33H,9-12,15,22H2,1-8H3,(H,38,41)(H,39,43). The van der Waals surface area contributed by atoms with Crippen LogP contribution in [0, 0.1) is 19.8 Å². The van der Waals surface area contributed by atoms with Gasteiger partial charge in [0.1, 0.15) is 17.7 Å². The fourth-order valence-electron chi connectivity index (χ4n) is 5.26. The second-order valence-corrected chi connectivity index (χ2v) is 13.1. The van der Waals surface area contributed by atoms with E-state index in [4.69, 9.17) is 4.74 Å². The van der Waals surface area contributed by atoms with Crippen molar-refractivity contribution in [1.29, 1.82) is 0 Å². The van der Waals surface area contributed by atoms with Crippen molar-refractivity contribution in [2.45, 2.75) is 105 Å². The lowest BCUT2D eigenvalue weighted by Crippen LogP contribution is -2.54. The van der Waals surface area contributed by atoms with Crippen LogP contribution in [0.2, 0.25) is 0 Å². The van der Waals surface area contributed by atoms with Crippen LogP contribution in [0.15, 0.2) is 60.7 Å². The van der Waals surface area contributed by atoms with E-state index < -0.39 is 23.8 Å². The average Bonchev–Trinajstić information content (AvgIpc) is 2.95. The Morgan fingerprint density at radius 3 is 2.16 bits per heavy atom. The summed E-state index contributed by atoms with van der Waals surface area (Å²) in [4.78, 5) is 43.3. The number of rotatable bonds is 13. The number of carbonyl (C=O) groups is 3. The minimum absolute atomic E-state index is 0.235. The van der Waals surface area contributed by atoms with Crippen molar-refractivity contribution in [2.24, 2.45) is 5.92 Å². The van der Waals surface area contributed by atoms with Crippen LogP contribution < -0.4 is 10.6 Å². The summed E-state index contributed by atoms with van der Waals surface area (Å²) in [6.07, 6.45) is 4.31. The minimum atomic E-state index is -0.902. The molecule has 44 heavy (non-hydrogen) atoms. The van der Waals surface area contributed by atoms with Gasteiger partial charge in [-0.1, -0.05) is 95.0 Å². The van der Waals surface area contributed by atoms with Crippen molar-refractivity contribution in [3.05, 3.63) is 77.4 Å². The molecule has 2 atom stereocenters. The van der Waals surface area contributed by atoms with E-state index in [-0.39, 0.29) is 17.7 Å². The second-order valence-electron chi connectivity index (χ2n) is 13.1. The van der Waals surface area contributed by atoms with Gasteiger partial charge in [0.05, 0.1) is 0 Å². The highest BCUT2D eigenvalue weighted by atomic mass is 16.6. The molecule has 0 radical (unpaired) electrons. The number of nitrogens with zero attached hydrogens (tertiary/aromatic N) is 1. The Kier molecular flexibility index (Phi) is 12.4. The van der Waals surface area contributed by atoms with E-state index in [0.717, 1.165) is 59.6 Å². The van der Waals surface area contributed by atoms with Crippen molar-refractivity contribution in [1.82, 2.24) is 10.2 Å². The number of amides is 3. The molecule has 0 heterocycles. The van der Waals surface area contributed by atoms with E-state index in [9.17, 15) is 14.4 Å². The summed E-state index contributed by atoms with van der Waals surface area (Å²) in [6.45, 7) is 15.7. The number of benzene rings is 3. The van der Waals surface area contributed by atoms with Crippen LogP contribution in [0.25, 0.3) is 10.8 Å². The highest BCUT2D eigenvalue weighted by Crippen LogP contribution is 2.29. The molecule has 3 aromatic rings. The van der Waals surface area contributed by atoms with Crippen LogP contribution in [0.1, 0.15) is 96.4 Å². The lowest BCUT2D eigenvalue weighted by Gasteiger charge is -2.36. The maximum atomic E-state index is 14.5. The van der Waals surface area contributed by atoms with Crippen LogP contribution in [0.3, 0.4) is 0 Å². The zero-order valence-corrected chi connectivity index (χ0v) is 27.8. The number of ether oxygens (including phenoxy) is 1. The van der Waals surface area contributed by atoms with Crippen LogP contribution in [0.4, 0.5) is 10.5 Å². The summed E-state index contributed by atoms with van der Waals surface area (Å²) in [6, 6.07) is 17.9. The topological polar surface area (TPSA) is 87.7 Å². The fraction of sp³-hybridized carbons (Fsp3) is 0.486. The summed E-state index contributed by atoms with van der Waals surface area (Å²) in [7, 11) is 0. The third kappa shape index (κ3) is 9.83. The molecule has 3 rings (SSSR count). The second kappa shape index (κ2) is 15.7. The quantitative estimate of drug-likeness (QED) is 0.192. The van der Waals surface area contributed by atoms with Gasteiger partial charge >= 0.3 is 6.09 Å². The van der Waals surface area contributed by atoms with Gasteiger partial charge in [-0.15, -0.1) is 0 Å². The highest BCUT2D eigenvalue weighted by molar-refractivity contribution is 6.00. The first-order valence-corrected chi connectivity index (χ1v) is 16.0. The molecule has 0 spiro atoms. The number of alkyl carbamates (subject to hydrolysis) is 1. The molecule has 7 heteroatoms. The van der Waals surface area contributed by atoms with Crippen molar-refractivity contribution < 1.29 is 19.1 Å². The highest BCUT2D eigenvalue weighted by Gasteiger charge is 2.37. The molecule has 0 aliphatic rings. The minimum Gasteiger partial charge on any atom is -0.444 e. The number of fused-ring (bicyclic) bond motifs is 1. The number of aryl methyl sites for hydroxylation is 2. The van der Waals surface area contributed by atoms with E-state index in [1.165, 1.54) is 0 Å². The molecule has 3 aromatic carbocycles. The first kappa shape index (κ1) is 34.6. The Labute approximate surface area is 263 Å². The van der Waals surface area contributed by atoms with Crippen molar-refractivity contribution in [3.63, 3.8) is 0 Å². The number of unbranched alkanes of at least 4 members (excludes halogenated alkanes) is 4. The average molecular weight is 602 g/mol.